The molecule has 0 radical (unpaired) electrons. The van der Waals surface area contributed by atoms with Crippen molar-refractivity contribution in [2.45, 2.75) is 20.0 Å². The summed E-state index contributed by atoms with van der Waals surface area (Å²) in [6, 6.07) is 7.18. The minimum atomic E-state index is -0.152. The monoisotopic (exact) mass is 442 g/mol. The van der Waals surface area contributed by atoms with Crippen molar-refractivity contribution in [3.05, 3.63) is 36.2 Å². The maximum atomic E-state index is 12.7. The first kappa shape index (κ1) is 23.1. The molecule has 1 aliphatic heterocycles. The van der Waals surface area contributed by atoms with Gasteiger partial charge in [-0.1, -0.05) is 5.16 Å². The summed E-state index contributed by atoms with van der Waals surface area (Å²) in [5.74, 6) is 1.72. The zero-order chi connectivity index (χ0) is 22.9. The smallest absolute Gasteiger partial charge is 0.321 e. The van der Waals surface area contributed by atoms with Crippen molar-refractivity contribution < 1.29 is 14.4 Å². The molecule has 0 spiro atoms. The van der Waals surface area contributed by atoms with Gasteiger partial charge in [0.2, 0.25) is 0 Å². The van der Waals surface area contributed by atoms with Crippen LogP contribution in [-0.4, -0.2) is 72.5 Å². The van der Waals surface area contributed by atoms with Gasteiger partial charge in [-0.3, -0.25) is 0 Å². The molecule has 0 aliphatic carbocycles. The second kappa shape index (κ2) is 11.1. The topological polar surface area (TPSA) is 144 Å². The lowest BCUT2D eigenvalue weighted by Crippen LogP contribution is -2.50. The fraction of sp³-hybridized carbons (Fsp3) is 0.429. The van der Waals surface area contributed by atoms with Crippen LogP contribution in [0.2, 0.25) is 0 Å². The van der Waals surface area contributed by atoms with Gasteiger partial charge in [0.05, 0.1) is 17.9 Å². The van der Waals surface area contributed by atoms with Crippen LogP contribution in [0.3, 0.4) is 0 Å². The van der Waals surface area contributed by atoms with E-state index in [-0.39, 0.29) is 12.1 Å². The highest BCUT2D eigenvalue weighted by atomic mass is 16.6. The number of aromatic nitrogens is 2. The first-order chi connectivity index (χ1) is 15.5. The molecule has 11 heteroatoms. The number of oxime groups is 1. The summed E-state index contributed by atoms with van der Waals surface area (Å²) in [5.41, 5.74) is 12.7. The van der Waals surface area contributed by atoms with Crippen molar-refractivity contribution >= 4 is 29.6 Å². The van der Waals surface area contributed by atoms with Gasteiger partial charge in [-0.05, 0) is 38.1 Å². The second-order valence-corrected chi connectivity index (χ2v) is 7.45. The lowest BCUT2D eigenvalue weighted by molar-refractivity contribution is 0.154. The van der Waals surface area contributed by atoms with E-state index >= 15 is 0 Å². The number of hydrogen-bond donors (Lipinski definition) is 3. The number of urea groups is 1. The van der Waals surface area contributed by atoms with Gasteiger partial charge >= 0.3 is 6.03 Å². The Bertz CT molecular complexity index is 912. The standard InChI is InChI=1S/C21H30N8O3/c1-15(2)32-17-5-3-16(4-6-17)27-21(30)29-10-8-28(9-11-29)20-18(13-26-31-12-7-22)19(23)24-14-25-20/h3-6,13-15H,7-12,22H2,1-2H3,(H,27,30)(H2,23,24,25)/b26-13+. The van der Waals surface area contributed by atoms with Crippen molar-refractivity contribution in [2.24, 2.45) is 10.9 Å². The highest BCUT2D eigenvalue weighted by molar-refractivity contribution is 5.92. The Labute approximate surface area is 187 Å². The van der Waals surface area contributed by atoms with Gasteiger partial charge in [-0.25, -0.2) is 14.8 Å². The summed E-state index contributed by atoms with van der Waals surface area (Å²) >= 11 is 0. The Kier molecular flexibility index (Phi) is 8.03. The van der Waals surface area contributed by atoms with E-state index in [0.29, 0.717) is 62.2 Å². The molecule has 0 unspecified atom stereocenters. The van der Waals surface area contributed by atoms with Crippen molar-refractivity contribution in [3.8, 4) is 5.75 Å². The molecule has 2 aromatic rings. The predicted molar refractivity (Wildman–Crippen MR) is 124 cm³/mol. The molecule has 3 rings (SSSR count). The van der Waals surface area contributed by atoms with Crippen LogP contribution in [0.1, 0.15) is 19.4 Å². The lowest BCUT2D eigenvalue weighted by Gasteiger charge is -2.35. The van der Waals surface area contributed by atoms with Crippen molar-refractivity contribution in [2.75, 3.05) is 55.3 Å². The summed E-state index contributed by atoms with van der Waals surface area (Å²) in [4.78, 5) is 29.9. The van der Waals surface area contributed by atoms with Crippen LogP contribution in [0, 0.1) is 0 Å². The van der Waals surface area contributed by atoms with Crippen molar-refractivity contribution in [3.63, 3.8) is 0 Å². The molecule has 11 nitrogen and oxygen atoms in total. The van der Waals surface area contributed by atoms with Crippen molar-refractivity contribution in [1.29, 1.82) is 0 Å². The quantitative estimate of drug-likeness (QED) is 0.317. The van der Waals surface area contributed by atoms with Gasteiger partial charge in [0.15, 0.2) is 0 Å². The molecule has 2 heterocycles. The summed E-state index contributed by atoms with van der Waals surface area (Å²) in [5, 5.41) is 6.81. The van der Waals surface area contributed by atoms with Gasteiger partial charge in [0.1, 0.15) is 30.3 Å². The van der Waals surface area contributed by atoms with Gasteiger partial charge in [0, 0.05) is 38.4 Å². The van der Waals surface area contributed by atoms with E-state index in [0.717, 1.165) is 5.75 Å². The van der Waals surface area contributed by atoms with Gasteiger partial charge in [-0.2, -0.15) is 0 Å². The number of nitrogens with two attached hydrogens (primary N) is 2. The Morgan fingerprint density at radius 3 is 2.59 bits per heavy atom. The highest BCUT2D eigenvalue weighted by Crippen LogP contribution is 2.22. The minimum absolute atomic E-state index is 0.0993. The number of piperazine rings is 1. The first-order valence-corrected chi connectivity index (χ1v) is 10.5. The number of carbonyl (C=O) groups is 1. The van der Waals surface area contributed by atoms with Crippen LogP contribution in [0.5, 0.6) is 5.75 Å². The van der Waals surface area contributed by atoms with Crippen LogP contribution in [0.15, 0.2) is 35.7 Å². The summed E-state index contributed by atoms with van der Waals surface area (Å²) in [7, 11) is 0. The maximum Gasteiger partial charge on any atom is 0.321 e. The van der Waals surface area contributed by atoms with Gasteiger partial charge in [0.25, 0.3) is 0 Å². The van der Waals surface area contributed by atoms with Crippen LogP contribution in [-0.2, 0) is 4.84 Å². The largest absolute Gasteiger partial charge is 0.491 e. The fourth-order valence-corrected chi connectivity index (χ4v) is 3.18. The van der Waals surface area contributed by atoms with Crippen LogP contribution in [0.4, 0.5) is 22.1 Å². The van der Waals surface area contributed by atoms with E-state index in [1.807, 2.05) is 43.0 Å². The zero-order valence-corrected chi connectivity index (χ0v) is 18.4. The number of benzene rings is 1. The summed E-state index contributed by atoms with van der Waals surface area (Å²) < 4.78 is 5.63. The number of rotatable bonds is 8. The number of ether oxygens (including phenoxy) is 1. The van der Waals surface area contributed by atoms with E-state index in [2.05, 4.69) is 20.4 Å². The Balaban J connectivity index is 1.57. The molecule has 1 aliphatic rings. The lowest BCUT2D eigenvalue weighted by atomic mass is 10.2. The minimum Gasteiger partial charge on any atom is -0.491 e. The van der Waals surface area contributed by atoms with Crippen LogP contribution >= 0.6 is 0 Å². The Morgan fingerprint density at radius 2 is 1.94 bits per heavy atom. The molecule has 1 aromatic carbocycles. The van der Waals surface area contributed by atoms with E-state index in [4.69, 9.17) is 21.0 Å². The Hall–Kier alpha value is -3.60. The average molecular weight is 443 g/mol. The van der Waals surface area contributed by atoms with E-state index in [1.54, 1.807) is 4.90 Å². The maximum absolute atomic E-state index is 12.7. The van der Waals surface area contributed by atoms with Gasteiger partial charge < -0.3 is 36.2 Å². The number of hydrogen-bond acceptors (Lipinski definition) is 9. The first-order valence-electron chi connectivity index (χ1n) is 10.5. The van der Waals surface area contributed by atoms with Crippen LogP contribution < -0.4 is 26.4 Å². The molecular weight excluding hydrogens is 412 g/mol. The third kappa shape index (κ3) is 6.20. The molecule has 0 saturated carbocycles. The summed E-state index contributed by atoms with van der Waals surface area (Å²) in [6.45, 7) is 6.86. The van der Waals surface area contributed by atoms with E-state index in [1.165, 1.54) is 12.5 Å². The molecular formula is C21H30N8O3. The zero-order valence-electron chi connectivity index (χ0n) is 18.4. The third-order valence-corrected chi connectivity index (χ3v) is 4.70. The number of nitrogen functional groups attached to an aromatic ring is 1. The number of amides is 2. The molecule has 32 heavy (non-hydrogen) atoms. The molecule has 5 N–H and O–H groups in total. The van der Waals surface area contributed by atoms with Crippen molar-refractivity contribution in [1.82, 2.24) is 14.9 Å². The highest BCUT2D eigenvalue weighted by Gasteiger charge is 2.24. The number of nitrogens with zero attached hydrogens (tertiary/aromatic N) is 5. The van der Waals surface area contributed by atoms with E-state index in [9.17, 15) is 4.79 Å². The molecule has 0 atom stereocenters. The predicted octanol–water partition coefficient (Wildman–Crippen LogP) is 1.51. The molecule has 172 valence electrons. The third-order valence-electron chi connectivity index (χ3n) is 4.70. The molecule has 0 bridgehead atoms. The normalized spacial score (nSPS) is 14.1. The number of carbonyl (C=O) groups excluding carboxylic acids is 1. The van der Waals surface area contributed by atoms with Crippen LogP contribution in [0.25, 0.3) is 0 Å². The average Bonchev–Trinajstić information content (AvgIpc) is 2.78. The molecule has 2 amide bonds. The number of anilines is 3. The van der Waals surface area contributed by atoms with E-state index < -0.39 is 0 Å². The molecule has 1 aromatic heterocycles. The second-order valence-electron chi connectivity index (χ2n) is 7.45. The summed E-state index contributed by atoms with van der Waals surface area (Å²) in [6.07, 6.45) is 3.00. The SMILES string of the molecule is CC(C)Oc1ccc(NC(=O)N2CCN(c3ncnc(N)c3/C=N/OCCN)CC2)cc1. The number of nitrogens with one attached hydrogen (secondary N) is 1. The van der Waals surface area contributed by atoms with Gasteiger partial charge in [-0.15, -0.1) is 0 Å². The fourth-order valence-electron chi connectivity index (χ4n) is 3.18. The molecule has 1 fully saturated rings. The Morgan fingerprint density at radius 1 is 1.22 bits per heavy atom. The molecule has 1 saturated heterocycles.